The first-order valence-electron chi connectivity index (χ1n) is 12.9. The first-order valence-corrected chi connectivity index (χ1v) is 12.9. The van der Waals surface area contributed by atoms with Crippen molar-refractivity contribution in [2.24, 2.45) is 11.7 Å². The van der Waals surface area contributed by atoms with Crippen LogP contribution in [0.4, 0.5) is 0 Å². The Kier molecular flexibility index (Phi) is 11.6. The second-order valence-electron chi connectivity index (χ2n) is 10.3. The van der Waals surface area contributed by atoms with Crippen molar-refractivity contribution < 1.29 is 48.8 Å². The van der Waals surface area contributed by atoms with E-state index < -0.39 is 91.0 Å². The second-order valence-corrected chi connectivity index (χ2v) is 10.3. The Morgan fingerprint density at radius 1 is 1.03 bits per heavy atom. The highest BCUT2D eigenvalue weighted by Gasteiger charge is 2.48. The zero-order valence-electron chi connectivity index (χ0n) is 22.8. The van der Waals surface area contributed by atoms with E-state index in [1.807, 2.05) is 0 Å². The number of carbonyl (C=O) groups excluding carboxylic acids is 5. The zero-order valence-corrected chi connectivity index (χ0v) is 22.8. The predicted molar refractivity (Wildman–Crippen MR) is 134 cm³/mol. The topological polar surface area (TPSA) is 230 Å². The molecular weight excluding hydrogens is 518 g/mol. The van der Waals surface area contributed by atoms with Crippen molar-refractivity contribution in [2.45, 2.75) is 102 Å². The van der Waals surface area contributed by atoms with E-state index >= 15 is 0 Å². The number of nitrogens with one attached hydrogen (secondary N) is 3. The van der Waals surface area contributed by atoms with Crippen molar-refractivity contribution in [3.8, 4) is 0 Å². The maximum atomic E-state index is 13.7. The van der Waals surface area contributed by atoms with E-state index in [0.717, 1.165) is 0 Å². The van der Waals surface area contributed by atoms with E-state index in [0.29, 0.717) is 12.8 Å². The third-order valence-corrected chi connectivity index (χ3v) is 6.80. The van der Waals surface area contributed by atoms with Crippen LogP contribution in [0.1, 0.15) is 47.5 Å². The fourth-order valence-corrected chi connectivity index (χ4v) is 4.76. The number of rotatable bonds is 11. The Balaban J connectivity index is 2.39. The molecule has 2 aliphatic rings. The van der Waals surface area contributed by atoms with Gasteiger partial charge in [-0.3, -0.25) is 24.0 Å². The molecule has 2 heterocycles. The molecule has 0 bridgehead atoms. The third kappa shape index (κ3) is 8.08. The number of nitrogens with zero attached hydrogens (tertiary/aromatic N) is 1. The van der Waals surface area contributed by atoms with Gasteiger partial charge in [-0.05, 0) is 25.7 Å². The Labute approximate surface area is 226 Å². The van der Waals surface area contributed by atoms with Crippen LogP contribution >= 0.6 is 0 Å². The molecule has 0 aliphatic carbocycles. The molecule has 2 aliphatic heterocycles. The summed E-state index contributed by atoms with van der Waals surface area (Å²) >= 11 is 0. The Morgan fingerprint density at radius 2 is 1.67 bits per heavy atom. The lowest BCUT2D eigenvalue weighted by Gasteiger charge is -2.43. The molecule has 0 aromatic rings. The molecule has 2 saturated heterocycles. The van der Waals surface area contributed by atoms with Crippen molar-refractivity contribution in [3.05, 3.63) is 0 Å². The summed E-state index contributed by atoms with van der Waals surface area (Å²) in [6.45, 7) is 6.79. The summed E-state index contributed by atoms with van der Waals surface area (Å²) in [6.07, 6.45) is -6.20. The van der Waals surface area contributed by atoms with Crippen molar-refractivity contribution in [2.75, 3.05) is 13.2 Å². The molecule has 8 N–H and O–H groups in total. The number of hydrogen-bond acceptors (Lipinski definition) is 10. The summed E-state index contributed by atoms with van der Waals surface area (Å²) in [7, 11) is 0. The quantitative estimate of drug-likeness (QED) is 0.132. The summed E-state index contributed by atoms with van der Waals surface area (Å²) in [6, 6.07) is -4.59. The molecule has 9 atom stereocenters. The standard InChI is InChI=1S/C24H41N5O10/c1-10(2)16(26-12(4)31)22(36)28-17(23(37)29-8-6-7-14(29)21(25)35)11(3)38-24-18(27-13(5)32)20(34)19(33)15(9-30)39-24/h10-11,14-20,24,30,33-34H,6-9H2,1-5H3,(H2,25,35)(H,26,31)(H,27,32)(H,28,36)/t11-,14+,15-,16+,17+,18-,19+,20-,24+/m1/s1. The normalized spacial score (nSPS) is 29.3. The van der Waals surface area contributed by atoms with Gasteiger partial charge in [0.05, 0.1) is 12.7 Å². The summed E-state index contributed by atoms with van der Waals surface area (Å²) in [4.78, 5) is 63.6. The van der Waals surface area contributed by atoms with E-state index in [-0.39, 0.29) is 12.5 Å². The van der Waals surface area contributed by atoms with Crippen LogP contribution in [0, 0.1) is 5.92 Å². The van der Waals surface area contributed by atoms with Gasteiger partial charge in [0.2, 0.25) is 29.5 Å². The second kappa shape index (κ2) is 14.0. The molecule has 0 radical (unpaired) electrons. The SMILES string of the molecule is CC(=O)N[C@H]1[C@@H](O[C@H](C)[C@H](NC(=O)[C@@H](NC(C)=O)C(C)C)C(=O)N2CCC[C@H]2C(N)=O)O[C@H](CO)[C@H](O)[C@@H]1O. The number of aliphatic hydroxyl groups is 3. The van der Waals surface area contributed by atoms with Crippen LogP contribution in [0.3, 0.4) is 0 Å². The van der Waals surface area contributed by atoms with E-state index in [1.54, 1.807) is 13.8 Å². The van der Waals surface area contributed by atoms with Crippen molar-refractivity contribution >= 4 is 29.5 Å². The molecule has 15 nitrogen and oxygen atoms in total. The van der Waals surface area contributed by atoms with Crippen LogP contribution in [-0.4, -0.2) is 118 Å². The van der Waals surface area contributed by atoms with Gasteiger partial charge in [0, 0.05) is 20.4 Å². The molecule has 39 heavy (non-hydrogen) atoms. The van der Waals surface area contributed by atoms with Gasteiger partial charge in [-0.2, -0.15) is 0 Å². The molecule has 2 rings (SSSR count). The van der Waals surface area contributed by atoms with Crippen LogP contribution in [0.2, 0.25) is 0 Å². The molecule has 15 heteroatoms. The first kappa shape index (κ1) is 32.4. The Bertz CT molecular complexity index is 918. The van der Waals surface area contributed by atoms with Crippen LogP contribution in [0.15, 0.2) is 0 Å². The zero-order chi connectivity index (χ0) is 29.6. The van der Waals surface area contributed by atoms with Crippen molar-refractivity contribution in [1.82, 2.24) is 20.9 Å². The number of likely N-dealkylation sites (tertiary alicyclic amines) is 1. The molecule has 0 spiro atoms. The molecular formula is C24H41N5O10. The number of ether oxygens (including phenoxy) is 2. The van der Waals surface area contributed by atoms with Crippen LogP contribution < -0.4 is 21.7 Å². The van der Waals surface area contributed by atoms with Crippen molar-refractivity contribution in [3.63, 3.8) is 0 Å². The fraction of sp³-hybridized carbons (Fsp3) is 0.792. The number of hydrogen-bond donors (Lipinski definition) is 7. The van der Waals surface area contributed by atoms with Gasteiger partial charge < -0.3 is 51.4 Å². The van der Waals surface area contributed by atoms with Crippen LogP contribution in [0.25, 0.3) is 0 Å². The highest BCUT2D eigenvalue weighted by atomic mass is 16.7. The molecule has 0 saturated carbocycles. The number of aliphatic hydroxyl groups excluding tert-OH is 3. The molecule has 2 fully saturated rings. The van der Waals surface area contributed by atoms with Gasteiger partial charge in [0.25, 0.3) is 0 Å². The van der Waals surface area contributed by atoms with Gasteiger partial charge in [0.1, 0.15) is 42.5 Å². The van der Waals surface area contributed by atoms with Gasteiger partial charge in [-0.15, -0.1) is 0 Å². The highest BCUT2D eigenvalue weighted by molar-refractivity contribution is 5.94. The molecule has 0 unspecified atom stereocenters. The Morgan fingerprint density at radius 3 is 2.18 bits per heavy atom. The molecule has 5 amide bonds. The minimum atomic E-state index is -1.59. The van der Waals surface area contributed by atoms with Crippen LogP contribution in [-0.2, 0) is 33.4 Å². The minimum Gasteiger partial charge on any atom is -0.394 e. The van der Waals surface area contributed by atoms with Gasteiger partial charge >= 0.3 is 0 Å². The molecule has 0 aromatic carbocycles. The smallest absolute Gasteiger partial charge is 0.248 e. The highest BCUT2D eigenvalue weighted by Crippen LogP contribution is 2.25. The Hall–Kier alpha value is -2.85. The largest absolute Gasteiger partial charge is 0.394 e. The van der Waals surface area contributed by atoms with E-state index in [2.05, 4.69) is 16.0 Å². The molecule has 222 valence electrons. The van der Waals surface area contributed by atoms with Gasteiger partial charge in [-0.25, -0.2) is 0 Å². The molecule has 0 aromatic heterocycles. The average Bonchev–Trinajstić information content (AvgIpc) is 3.34. The maximum Gasteiger partial charge on any atom is 0.248 e. The minimum absolute atomic E-state index is 0.205. The number of carbonyl (C=O) groups is 5. The van der Waals surface area contributed by atoms with E-state index in [4.69, 9.17) is 15.2 Å². The fourth-order valence-electron chi connectivity index (χ4n) is 4.76. The third-order valence-electron chi connectivity index (χ3n) is 6.80. The summed E-state index contributed by atoms with van der Waals surface area (Å²) < 4.78 is 11.5. The van der Waals surface area contributed by atoms with Crippen molar-refractivity contribution in [1.29, 1.82) is 0 Å². The summed E-state index contributed by atoms with van der Waals surface area (Å²) in [5.74, 6) is -3.44. The summed E-state index contributed by atoms with van der Waals surface area (Å²) in [5, 5.41) is 38.0. The van der Waals surface area contributed by atoms with Gasteiger partial charge in [-0.1, -0.05) is 13.8 Å². The van der Waals surface area contributed by atoms with Crippen LogP contribution in [0.5, 0.6) is 0 Å². The van der Waals surface area contributed by atoms with Gasteiger partial charge in [0.15, 0.2) is 6.29 Å². The summed E-state index contributed by atoms with van der Waals surface area (Å²) in [5.41, 5.74) is 5.48. The number of nitrogens with two attached hydrogens (primary N) is 1. The number of amides is 5. The number of primary amides is 1. The van der Waals surface area contributed by atoms with E-state index in [9.17, 15) is 39.3 Å². The average molecular weight is 560 g/mol. The van der Waals surface area contributed by atoms with E-state index in [1.165, 1.54) is 25.7 Å². The predicted octanol–water partition coefficient (Wildman–Crippen LogP) is -3.54. The lowest BCUT2D eigenvalue weighted by molar-refractivity contribution is -0.281. The maximum absolute atomic E-state index is 13.7. The monoisotopic (exact) mass is 559 g/mol. The lowest BCUT2D eigenvalue weighted by Crippen LogP contribution is -2.66. The first-order chi connectivity index (χ1) is 18.2. The lowest BCUT2D eigenvalue weighted by atomic mass is 9.96.